The van der Waals surface area contributed by atoms with E-state index in [0.29, 0.717) is 17.0 Å². The normalized spacial score (nSPS) is 13.1. The molecule has 2 aromatic rings. The molecule has 0 saturated heterocycles. The smallest absolute Gasteiger partial charge is 0.319 e. The lowest BCUT2D eigenvalue weighted by atomic mass is 10.1. The molecule has 0 spiro atoms. The average Bonchev–Trinajstić information content (AvgIpc) is 3.05. The average molecular weight is 347 g/mol. The Morgan fingerprint density at radius 2 is 2.08 bits per heavy atom. The lowest BCUT2D eigenvalue weighted by molar-refractivity contribution is -0.385. The second-order valence-corrected chi connectivity index (χ2v) is 5.93. The van der Waals surface area contributed by atoms with Crippen molar-refractivity contribution in [2.45, 2.75) is 39.3 Å². The van der Waals surface area contributed by atoms with E-state index in [1.807, 2.05) is 0 Å². The molecule has 1 aromatic heterocycles. The summed E-state index contributed by atoms with van der Waals surface area (Å²) in [7, 11) is 0. The molecule has 2 rings (SSSR count). The van der Waals surface area contributed by atoms with Gasteiger partial charge in [0.2, 0.25) is 0 Å². The van der Waals surface area contributed by atoms with Crippen molar-refractivity contribution in [3.63, 3.8) is 0 Å². The third-order valence-electron chi connectivity index (χ3n) is 3.91. The number of hydrogen-bond donors (Lipinski definition) is 3. The molecule has 0 radical (unpaired) electrons. The topological polar surface area (TPSA) is 118 Å². The number of benzene rings is 1. The second-order valence-electron chi connectivity index (χ2n) is 5.93. The van der Waals surface area contributed by atoms with Crippen LogP contribution in [-0.4, -0.2) is 22.1 Å². The maximum Gasteiger partial charge on any atom is 0.319 e. The Balaban J connectivity index is 2.00. The van der Waals surface area contributed by atoms with Crippen LogP contribution in [0.15, 0.2) is 34.9 Å². The molecule has 25 heavy (non-hydrogen) atoms. The number of aliphatic hydroxyl groups excluding tert-OH is 1. The van der Waals surface area contributed by atoms with Gasteiger partial charge in [0.15, 0.2) is 0 Å². The monoisotopic (exact) mass is 347 g/mol. The van der Waals surface area contributed by atoms with Gasteiger partial charge >= 0.3 is 6.03 Å². The molecule has 8 heteroatoms. The lowest BCUT2D eigenvalue weighted by Gasteiger charge is -2.18. The van der Waals surface area contributed by atoms with Crippen molar-refractivity contribution in [2.24, 2.45) is 0 Å². The highest BCUT2D eigenvalue weighted by molar-refractivity contribution is 5.92. The minimum Gasteiger partial charge on any atom is -0.467 e. The van der Waals surface area contributed by atoms with Crippen molar-refractivity contribution in [3.05, 3.63) is 57.5 Å². The quantitative estimate of drug-likeness (QED) is 0.546. The first kappa shape index (κ1) is 18.5. The van der Waals surface area contributed by atoms with E-state index in [2.05, 4.69) is 10.6 Å². The highest BCUT2D eigenvalue weighted by Gasteiger charge is 2.19. The zero-order chi connectivity index (χ0) is 18.6. The Morgan fingerprint density at radius 3 is 2.68 bits per heavy atom. The maximum atomic E-state index is 12.2. The highest BCUT2D eigenvalue weighted by Crippen LogP contribution is 2.28. The lowest BCUT2D eigenvalue weighted by Crippen LogP contribution is -2.37. The van der Waals surface area contributed by atoms with Crippen molar-refractivity contribution in [1.29, 1.82) is 0 Å². The van der Waals surface area contributed by atoms with Gasteiger partial charge in [-0.3, -0.25) is 10.1 Å². The molecular weight excluding hydrogens is 326 g/mol. The number of urea groups is 1. The second kappa shape index (κ2) is 7.80. The van der Waals surface area contributed by atoms with Gasteiger partial charge in [0.25, 0.3) is 5.69 Å². The largest absolute Gasteiger partial charge is 0.467 e. The molecule has 0 bridgehead atoms. The van der Waals surface area contributed by atoms with Crippen LogP contribution >= 0.6 is 0 Å². The number of carbonyl (C=O) groups is 1. The molecule has 0 aliphatic heterocycles. The van der Waals surface area contributed by atoms with E-state index < -0.39 is 17.1 Å². The summed E-state index contributed by atoms with van der Waals surface area (Å²) in [6.07, 6.45) is 0.914. The molecule has 0 aliphatic carbocycles. The van der Waals surface area contributed by atoms with E-state index in [9.17, 15) is 20.0 Å². The van der Waals surface area contributed by atoms with Gasteiger partial charge in [0, 0.05) is 18.5 Å². The molecule has 0 aliphatic rings. The minimum atomic E-state index is -0.827. The first-order valence-corrected chi connectivity index (χ1v) is 7.83. The molecule has 134 valence electrons. The summed E-state index contributed by atoms with van der Waals surface area (Å²) >= 11 is 0. The summed E-state index contributed by atoms with van der Waals surface area (Å²) < 4.78 is 5.12. The summed E-state index contributed by atoms with van der Waals surface area (Å²) in [5.41, 5.74) is 1.47. The highest BCUT2D eigenvalue weighted by atomic mass is 16.6. The van der Waals surface area contributed by atoms with Crippen LogP contribution in [0.2, 0.25) is 0 Å². The van der Waals surface area contributed by atoms with E-state index >= 15 is 0 Å². The van der Waals surface area contributed by atoms with Crippen molar-refractivity contribution in [3.8, 4) is 0 Å². The molecule has 3 N–H and O–H groups in total. The van der Waals surface area contributed by atoms with Gasteiger partial charge < -0.3 is 20.2 Å². The van der Waals surface area contributed by atoms with Gasteiger partial charge in [-0.15, -0.1) is 0 Å². The number of aliphatic hydroxyl groups is 1. The van der Waals surface area contributed by atoms with Gasteiger partial charge in [-0.2, -0.15) is 0 Å². The predicted octanol–water partition coefficient (Wildman–Crippen LogP) is 3.44. The first-order chi connectivity index (χ1) is 11.8. The number of anilines is 1. The van der Waals surface area contributed by atoms with E-state index in [0.717, 1.165) is 5.56 Å². The van der Waals surface area contributed by atoms with E-state index in [1.165, 1.54) is 12.3 Å². The molecule has 0 fully saturated rings. The molecule has 0 saturated carbocycles. The van der Waals surface area contributed by atoms with Crippen LogP contribution in [-0.2, 0) is 0 Å². The number of nitrogens with zero attached hydrogens (tertiary/aromatic N) is 1. The fourth-order valence-electron chi connectivity index (χ4n) is 2.59. The predicted molar refractivity (Wildman–Crippen MR) is 92.5 cm³/mol. The molecule has 1 aromatic carbocycles. The van der Waals surface area contributed by atoms with Gasteiger partial charge in [-0.05, 0) is 38.5 Å². The summed E-state index contributed by atoms with van der Waals surface area (Å²) in [5.74, 6) is 0.430. The van der Waals surface area contributed by atoms with Crippen LogP contribution < -0.4 is 10.6 Å². The molecule has 2 amide bonds. The van der Waals surface area contributed by atoms with Crippen molar-refractivity contribution in [2.75, 3.05) is 5.32 Å². The molecule has 2 atom stereocenters. The Hall–Kier alpha value is -2.87. The fourth-order valence-corrected chi connectivity index (χ4v) is 2.59. The number of hydrogen-bond acceptors (Lipinski definition) is 5. The van der Waals surface area contributed by atoms with Crippen LogP contribution in [0, 0.1) is 24.0 Å². The van der Waals surface area contributed by atoms with Crippen LogP contribution in [0.3, 0.4) is 0 Å². The Morgan fingerprint density at radius 1 is 1.36 bits per heavy atom. The van der Waals surface area contributed by atoms with Gasteiger partial charge in [0.1, 0.15) is 11.9 Å². The van der Waals surface area contributed by atoms with Crippen LogP contribution in [0.1, 0.15) is 36.3 Å². The third kappa shape index (κ3) is 4.57. The van der Waals surface area contributed by atoms with E-state index in [1.54, 1.807) is 39.0 Å². The maximum absolute atomic E-state index is 12.2. The summed E-state index contributed by atoms with van der Waals surface area (Å²) in [4.78, 5) is 22.7. The summed E-state index contributed by atoms with van der Waals surface area (Å²) in [5, 5.41) is 26.4. The molecule has 8 nitrogen and oxygen atoms in total. The number of nitrogens with one attached hydrogen (secondary N) is 2. The minimum absolute atomic E-state index is 0.0535. The number of rotatable bonds is 6. The number of furan rings is 1. The van der Waals surface area contributed by atoms with Gasteiger partial charge in [0.05, 0.1) is 22.4 Å². The van der Waals surface area contributed by atoms with E-state index in [4.69, 9.17) is 4.42 Å². The van der Waals surface area contributed by atoms with Crippen molar-refractivity contribution >= 4 is 17.4 Å². The standard InChI is InChI=1S/C17H21N3O5/c1-10-6-7-13(20(23)24)12(3)16(10)19-17(22)18-11(2)9-14(21)15-5-4-8-25-15/h4-8,11,14,21H,9H2,1-3H3,(H2,18,19,22). The zero-order valence-corrected chi connectivity index (χ0v) is 14.3. The number of carbonyl (C=O) groups excluding carboxylic acids is 1. The number of nitro benzene ring substituents is 1. The third-order valence-corrected chi connectivity index (χ3v) is 3.91. The zero-order valence-electron chi connectivity index (χ0n) is 14.3. The number of nitro groups is 1. The Kier molecular flexibility index (Phi) is 5.76. The van der Waals surface area contributed by atoms with Gasteiger partial charge in [-0.25, -0.2) is 4.79 Å². The molecular formula is C17H21N3O5. The fraction of sp³-hybridized carbons (Fsp3) is 0.353. The van der Waals surface area contributed by atoms with Gasteiger partial charge in [-0.1, -0.05) is 6.07 Å². The van der Waals surface area contributed by atoms with Crippen LogP contribution in [0.5, 0.6) is 0 Å². The van der Waals surface area contributed by atoms with Crippen LogP contribution in [0.25, 0.3) is 0 Å². The first-order valence-electron chi connectivity index (χ1n) is 7.83. The molecule has 1 heterocycles. The Bertz CT molecular complexity index is 758. The SMILES string of the molecule is Cc1ccc([N+](=O)[O-])c(C)c1NC(=O)NC(C)CC(O)c1ccco1. The summed E-state index contributed by atoms with van der Waals surface area (Å²) in [6.45, 7) is 5.10. The van der Waals surface area contributed by atoms with Crippen LogP contribution in [0.4, 0.5) is 16.2 Å². The number of aryl methyl sites for hydroxylation is 1. The Labute approximate surface area is 145 Å². The summed E-state index contributed by atoms with van der Waals surface area (Å²) in [6, 6.07) is 5.51. The molecule has 2 unspecified atom stereocenters. The van der Waals surface area contributed by atoms with Crippen molar-refractivity contribution < 1.29 is 19.2 Å². The van der Waals surface area contributed by atoms with Crippen molar-refractivity contribution in [1.82, 2.24) is 5.32 Å². The number of amides is 2. The van der Waals surface area contributed by atoms with E-state index in [-0.39, 0.29) is 18.2 Å².